The lowest BCUT2D eigenvalue weighted by Crippen LogP contribution is -2.17. The summed E-state index contributed by atoms with van der Waals surface area (Å²) in [6, 6.07) is 35.6. The Morgan fingerprint density at radius 3 is 2.11 bits per heavy atom. The molecular formula is C42H35NO. The Labute approximate surface area is 258 Å². The molecule has 0 saturated heterocycles. The van der Waals surface area contributed by atoms with Crippen molar-refractivity contribution in [1.29, 1.82) is 0 Å². The van der Waals surface area contributed by atoms with E-state index in [1.807, 2.05) is 6.07 Å². The van der Waals surface area contributed by atoms with E-state index in [9.17, 15) is 0 Å². The molecule has 0 atom stereocenters. The minimum atomic E-state index is -0.0711. The topological polar surface area (TPSA) is 25.2 Å². The first-order valence-electron chi connectivity index (χ1n) is 15.8. The first-order chi connectivity index (χ1) is 21.3. The quantitative estimate of drug-likeness (QED) is 0.229. The molecule has 0 saturated carbocycles. The molecule has 1 heterocycles. The van der Waals surface area contributed by atoms with Crippen molar-refractivity contribution in [3.05, 3.63) is 143 Å². The van der Waals surface area contributed by atoms with Gasteiger partial charge in [-0.2, -0.15) is 0 Å². The van der Waals surface area contributed by atoms with Crippen molar-refractivity contribution in [2.45, 2.75) is 51.4 Å². The summed E-state index contributed by atoms with van der Waals surface area (Å²) in [5.41, 5.74) is 18.0. The number of hydrogen-bond acceptors (Lipinski definition) is 2. The van der Waals surface area contributed by atoms with Crippen molar-refractivity contribution in [1.82, 2.24) is 0 Å². The molecule has 0 unspecified atom stereocenters. The number of para-hydroxylation sites is 2. The summed E-state index contributed by atoms with van der Waals surface area (Å²) in [5.74, 6) is 0. The lowest BCUT2D eigenvalue weighted by atomic mass is 9.79. The minimum Gasteiger partial charge on any atom is -0.455 e. The second kappa shape index (κ2) is 8.86. The van der Waals surface area contributed by atoms with E-state index in [0.29, 0.717) is 0 Å². The Balaban J connectivity index is 1.11. The Bertz CT molecular complexity index is 2250. The maximum Gasteiger partial charge on any atom is 0.142 e. The summed E-state index contributed by atoms with van der Waals surface area (Å²) in [4.78, 5) is 0. The van der Waals surface area contributed by atoms with Gasteiger partial charge in [-0.05, 0) is 87.7 Å². The van der Waals surface area contributed by atoms with Gasteiger partial charge < -0.3 is 9.73 Å². The van der Waals surface area contributed by atoms with E-state index in [1.165, 1.54) is 77.8 Å². The highest BCUT2D eigenvalue weighted by molar-refractivity contribution is 6.08. The lowest BCUT2D eigenvalue weighted by molar-refractivity contribution is 0.652. The molecule has 44 heavy (non-hydrogen) atoms. The van der Waals surface area contributed by atoms with Crippen LogP contribution in [0, 0.1) is 0 Å². The molecule has 9 rings (SSSR count). The molecule has 0 amide bonds. The second-order valence-corrected chi connectivity index (χ2v) is 13.8. The van der Waals surface area contributed by atoms with Gasteiger partial charge in [-0.15, -0.1) is 0 Å². The predicted molar refractivity (Wildman–Crippen MR) is 184 cm³/mol. The third-order valence-electron chi connectivity index (χ3n) is 10.6. The SMILES string of the molecule is CC1(C)c2ccccc2-c2cc3c(cc21)-c1c(NC2=CC=C(c4cccc5c4oc4ccccc45)CC2)cccc1C3(C)C. The van der Waals surface area contributed by atoms with Crippen LogP contribution in [0.3, 0.4) is 0 Å². The van der Waals surface area contributed by atoms with Crippen LogP contribution in [-0.4, -0.2) is 0 Å². The lowest BCUT2D eigenvalue weighted by Gasteiger charge is -2.24. The van der Waals surface area contributed by atoms with Gasteiger partial charge in [-0.3, -0.25) is 0 Å². The fourth-order valence-electron chi connectivity index (χ4n) is 8.22. The molecule has 3 aliphatic carbocycles. The first-order valence-corrected chi connectivity index (χ1v) is 15.8. The van der Waals surface area contributed by atoms with Gasteiger partial charge in [-0.1, -0.05) is 107 Å². The summed E-state index contributed by atoms with van der Waals surface area (Å²) >= 11 is 0. The van der Waals surface area contributed by atoms with E-state index < -0.39 is 0 Å². The number of hydrogen-bond donors (Lipinski definition) is 1. The van der Waals surface area contributed by atoms with Crippen LogP contribution in [0.4, 0.5) is 5.69 Å². The van der Waals surface area contributed by atoms with Gasteiger partial charge in [0, 0.05) is 44.1 Å². The zero-order valence-corrected chi connectivity index (χ0v) is 25.7. The van der Waals surface area contributed by atoms with Crippen molar-refractivity contribution in [2.24, 2.45) is 0 Å². The molecule has 214 valence electrons. The Morgan fingerprint density at radius 2 is 1.25 bits per heavy atom. The maximum absolute atomic E-state index is 6.35. The summed E-state index contributed by atoms with van der Waals surface area (Å²) < 4.78 is 6.35. The fraction of sp³-hybridized carbons (Fsp3) is 0.190. The average molecular weight is 570 g/mol. The van der Waals surface area contributed by atoms with Crippen LogP contribution in [0.5, 0.6) is 0 Å². The summed E-state index contributed by atoms with van der Waals surface area (Å²) in [7, 11) is 0. The Morgan fingerprint density at radius 1 is 0.568 bits per heavy atom. The summed E-state index contributed by atoms with van der Waals surface area (Å²) in [5, 5.41) is 6.25. The smallest absolute Gasteiger partial charge is 0.142 e. The van der Waals surface area contributed by atoms with Crippen LogP contribution < -0.4 is 5.32 Å². The molecule has 0 bridgehead atoms. The molecule has 3 aliphatic rings. The van der Waals surface area contributed by atoms with Crippen LogP contribution in [0.25, 0.3) is 49.8 Å². The van der Waals surface area contributed by atoms with Crippen LogP contribution in [-0.2, 0) is 10.8 Å². The third-order valence-corrected chi connectivity index (χ3v) is 10.6. The highest BCUT2D eigenvalue weighted by atomic mass is 16.3. The van der Waals surface area contributed by atoms with Crippen LogP contribution in [0.15, 0.2) is 119 Å². The molecule has 0 aliphatic heterocycles. The molecule has 0 radical (unpaired) electrons. The molecular weight excluding hydrogens is 534 g/mol. The predicted octanol–water partition coefficient (Wildman–Crippen LogP) is 11.4. The molecule has 1 aromatic heterocycles. The van der Waals surface area contributed by atoms with E-state index in [1.54, 1.807) is 0 Å². The first kappa shape index (κ1) is 25.7. The van der Waals surface area contributed by atoms with Gasteiger partial charge in [0.25, 0.3) is 0 Å². The third kappa shape index (κ3) is 3.43. The van der Waals surface area contributed by atoms with Gasteiger partial charge >= 0.3 is 0 Å². The molecule has 0 spiro atoms. The van der Waals surface area contributed by atoms with Crippen molar-refractivity contribution in [3.8, 4) is 22.3 Å². The van der Waals surface area contributed by atoms with E-state index in [2.05, 4.69) is 136 Å². The molecule has 2 heteroatoms. The second-order valence-electron chi connectivity index (χ2n) is 13.8. The number of furan rings is 1. The number of benzene rings is 5. The fourth-order valence-corrected chi connectivity index (χ4v) is 8.22. The van der Waals surface area contributed by atoms with Gasteiger partial charge in [-0.25, -0.2) is 0 Å². The number of nitrogens with one attached hydrogen (secondary N) is 1. The number of anilines is 1. The molecule has 0 fully saturated rings. The monoisotopic (exact) mass is 569 g/mol. The normalized spacial score (nSPS) is 17.1. The zero-order chi connectivity index (χ0) is 29.8. The number of allylic oxidation sites excluding steroid dienone is 4. The average Bonchev–Trinajstić information content (AvgIpc) is 3.61. The van der Waals surface area contributed by atoms with Gasteiger partial charge in [0.15, 0.2) is 0 Å². The Hall–Kier alpha value is -4.82. The maximum atomic E-state index is 6.35. The van der Waals surface area contributed by atoms with Crippen molar-refractivity contribution >= 4 is 33.2 Å². The summed E-state index contributed by atoms with van der Waals surface area (Å²) in [6.45, 7) is 9.51. The van der Waals surface area contributed by atoms with E-state index in [-0.39, 0.29) is 10.8 Å². The van der Waals surface area contributed by atoms with Crippen molar-refractivity contribution in [3.63, 3.8) is 0 Å². The molecule has 2 nitrogen and oxygen atoms in total. The van der Waals surface area contributed by atoms with Crippen molar-refractivity contribution in [2.75, 3.05) is 5.32 Å². The highest BCUT2D eigenvalue weighted by Crippen LogP contribution is 2.57. The van der Waals surface area contributed by atoms with E-state index >= 15 is 0 Å². The number of fused-ring (bicyclic) bond motifs is 9. The number of rotatable bonds is 3. The molecule has 6 aromatic rings. The van der Waals surface area contributed by atoms with E-state index in [0.717, 1.165) is 24.0 Å². The van der Waals surface area contributed by atoms with Gasteiger partial charge in [0.2, 0.25) is 0 Å². The zero-order valence-electron chi connectivity index (χ0n) is 25.7. The van der Waals surface area contributed by atoms with Crippen molar-refractivity contribution < 1.29 is 4.42 Å². The molecule has 5 aromatic carbocycles. The van der Waals surface area contributed by atoms with Gasteiger partial charge in [0.05, 0.1) is 0 Å². The standard InChI is InChI=1S/C42H35NO/c1-41(2)33-15-7-5-11-28(33)31-23-36-32(24-35(31)41)39-34(42(36,3)4)16-10-17-37(39)43-26-21-19-25(20-22-26)27-13-9-14-30-29-12-6-8-18-38(29)44-40(27)30/h5-19,21,23-24,43H,20,22H2,1-4H3. The Kier molecular flexibility index (Phi) is 5.17. The highest BCUT2D eigenvalue weighted by Gasteiger charge is 2.42. The van der Waals surface area contributed by atoms with Gasteiger partial charge in [0.1, 0.15) is 11.2 Å². The molecule has 1 N–H and O–H groups in total. The van der Waals surface area contributed by atoms with Crippen LogP contribution in [0.1, 0.15) is 68.4 Å². The van der Waals surface area contributed by atoms with Crippen LogP contribution >= 0.6 is 0 Å². The van der Waals surface area contributed by atoms with Crippen LogP contribution in [0.2, 0.25) is 0 Å². The largest absolute Gasteiger partial charge is 0.455 e. The van der Waals surface area contributed by atoms with E-state index in [4.69, 9.17) is 4.42 Å². The minimum absolute atomic E-state index is 0.0218. The summed E-state index contributed by atoms with van der Waals surface area (Å²) in [6.07, 6.45) is 6.46.